The molecule has 1 aliphatic heterocycles. The van der Waals surface area contributed by atoms with E-state index < -0.39 is 15.9 Å². The molecule has 0 spiro atoms. The Morgan fingerprint density at radius 1 is 1.40 bits per heavy atom. The van der Waals surface area contributed by atoms with Gasteiger partial charge in [-0.05, 0) is 48.1 Å². The van der Waals surface area contributed by atoms with Crippen LogP contribution in [0.25, 0.3) is 0 Å². The second kappa shape index (κ2) is 6.93. The van der Waals surface area contributed by atoms with Gasteiger partial charge in [0.15, 0.2) is 9.84 Å². The van der Waals surface area contributed by atoms with Crippen LogP contribution in [-0.2, 0) is 9.84 Å². The number of aliphatic hydroxyl groups is 1. The van der Waals surface area contributed by atoms with Gasteiger partial charge in [-0.1, -0.05) is 12.1 Å². The molecular weight excluding hydrogens is 294 g/mol. The molecule has 0 bridgehead atoms. The van der Waals surface area contributed by atoms with Crippen molar-refractivity contribution in [3.05, 3.63) is 29.8 Å². The highest BCUT2D eigenvalue weighted by Crippen LogP contribution is 2.22. The Morgan fingerprint density at radius 3 is 2.65 bits per heavy atom. The summed E-state index contributed by atoms with van der Waals surface area (Å²) >= 11 is 1.98. The zero-order valence-corrected chi connectivity index (χ0v) is 13.2. The minimum Gasteiger partial charge on any atom is -0.387 e. The number of hydrogen-bond donors (Lipinski definition) is 2. The molecule has 2 unspecified atom stereocenters. The first-order chi connectivity index (χ1) is 9.47. The molecule has 2 rings (SSSR count). The van der Waals surface area contributed by atoms with E-state index in [1.165, 1.54) is 24.2 Å². The number of thioether (sulfide) groups is 1. The lowest BCUT2D eigenvalue weighted by molar-refractivity contribution is 0.173. The van der Waals surface area contributed by atoms with Gasteiger partial charge in [0.1, 0.15) is 0 Å². The fraction of sp³-hybridized carbons (Fsp3) is 0.571. The molecule has 1 fully saturated rings. The third kappa shape index (κ3) is 4.48. The molecule has 1 heterocycles. The van der Waals surface area contributed by atoms with Gasteiger partial charge in [0.2, 0.25) is 0 Å². The van der Waals surface area contributed by atoms with Crippen LogP contribution in [0.5, 0.6) is 0 Å². The average molecular weight is 315 g/mol. The van der Waals surface area contributed by atoms with E-state index in [-0.39, 0.29) is 4.90 Å². The fourth-order valence-electron chi connectivity index (χ4n) is 2.22. The third-order valence-electron chi connectivity index (χ3n) is 3.49. The van der Waals surface area contributed by atoms with Crippen LogP contribution >= 0.6 is 11.8 Å². The topological polar surface area (TPSA) is 66.4 Å². The summed E-state index contributed by atoms with van der Waals surface area (Å²) in [6, 6.07) is 6.44. The summed E-state index contributed by atoms with van der Waals surface area (Å²) in [5, 5.41) is 13.4. The lowest BCUT2D eigenvalue weighted by atomic mass is 10.1. The first kappa shape index (κ1) is 15.8. The number of rotatable bonds is 6. The normalized spacial score (nSPS) is 21.0. The lowest BCUT2D eigenvalue weighted by Crippen LogP contribution is -2.27. The van der Waals surface area contributed by atoms with Crippen LogP contribution < -0.4 is 5.32 Å². The van der Waals surface area contributed by atoms with Crippen molar-refractivity contribution in [1.29, 1.82) is 0 Å². The summed E-state index contributed by atoms with van der Waals surface area (Å²) in [7, 11) is -3.17. The van der Waals surface area contributed by atoms with E-state index in [0.717, 1.165) is 12.1 Å². The minimum absolute atomic E-state index is 0.282. The Balaban J connectivity index is 1.84. The standard InChI is InChI=1S/C14H21NO3S2/c1-20(17,18)13-4-2-12(3-5-13)14(16)9-15-8-11-6-7-19-10-11/h2-5,11,14-16H,6-10H2,1H3. The van der Waals surface area contributed by atoms with Crippen molar-refractivity contribution in [2.75, 3.05) is 30.9 Å². The number of benzene rings is 1. The Kier molecular flexibility index (Phi) is 5.49. The third-order valence-corrected chi connectivity index (χ3v) is 5.85. The van der Waals surface area contributed by atoms with Gasteiger partial charge in [0.25, 0.3) is 0 Å². The van der Waals surface area contributed by atoms with Crippen molar-refractivity contribution < 1.29 is 13.5 Å². The van der Waals surface area contributed by atoms with Crippen LogP contribution in [0.1, 0.15) is 18.1 Å². The van der Waals surface area contributed by atoms with E-state index in [1.54, 1.807) is 24.3 Å². The SMILES string of the molecule is CS(=O)(=O)c1ccc(C(O)CNCC2CCSC2)cc1. The molecule has 112 valence electrons. The van der Waals surface area contributed by atoms with Crippen molar-refractivity contribution in [1.82, 2.24) is 5.32 Å². The highest BCUT2D eigenvalue weighted by molar-refractivity contribution is 7.99. The highest BCUT2D eigenvalue weighted by atomic mass is 32.2. The van der Waals surface area contributed by atoms with Gasteiger partial charge < -0.3 is 10.4 Å². The van der Waals surface area contributed by atoms with Crippen LogP contribution in [-0.4, -0.2) is 44.4 Å². The van der Waals surface area contributed by atoms with Gasteiger partial charge in [0, 0.05) is 12.8 Å². The number of nitrogens with one attached hydrogen (secondary N) is 1. The summed E-state index contributed by atoms with van der Waals surface area (Å²) in [5.74, 6) is 3.15. The largest absolute Gasteiger partial charge is 0.387 e. The van der Waals surface area contributed by atoms with Crippen molar-refractivity contribution >= 4 is 21.6 Å². The fourth-order valence-corrected chi connectivity index (χ4v) is 4.14. The first-order valence-electron chi connectivity index (χ1n) is 6.73. The van der Waals surface area contributed by atoms with Gasteiger partial charge in [-0.25, -0.2) is 8.42 Å². The summed E-state index contributed by atoms with van der Waals surface area (Å²) in [5.41, 5.74) is 0.741. The lowest BCUT2D eigenvalue weighted by Gasteiger charge is -2.15. The maximum Gasteiger partial charge on any atom is 0.175 e. The number of hydrogen-bond acceptors (Lipinski definition) is 5. The second-order valence-corrected chi connectivity index (χ2v) is 8.41. The smallest absolute Gasteiger partial charge is 0.175 e. The molecule has 0 amide bonds. The van der Waals surface area contributed by atoms with Crippen molar-refractivity contribution in [2.24, 2.45) is 5.92 Å². The number of aliphatic hydroxyl groups excluding tert-OH is 1. The number of sulfone groups is 1. The molecule has 1 saturated heterocycles. The summed E-state index contributed by atoms with van der Waals surface area (Å²) in [4.78, 5) is 0.282. The van der Waals surface area contributed by atoms with Crippen molar-refractivity contribution in [3.8, 4) is 0 Å². The molecule has 6 heteroatoms. The van der Waals surface area contributed by atoms with Crippen LogP contribution in [0.2, 0.25) is 0 Å². The summed E-state index contributed by atoms with van der Waals surface area (Å²) in [6.45, 7) is 1.44. The zero-order valence-electron chi connectivity index (χ0n) is 11.6. The summed E-state index contributed by atoms with van der Waals surface area (Å²) < 4.78 is 22.7. The molecule has 0 aliphatic carbocycles. The van der Waals surface area contributed by atoms with E-state index >= 15 is 0 Å². The molecule has 0 radical (unpaired) electrons. The molecule has 0 saturated carbocycles. The molecular formula is C14H21NO3S2. The summed E-state index contributed by atoms with van der Waals surface area (Å²) in [6.07, 6.45) is 1.83. The predicted octanol–water partition coefficient (Wildman–Crippen LogP) is 1.47. The second-order valence-electron chi connectivity index (χ2n) is 5.24. The quantitative estimate of drug-likeness (QED) is 0.832. The Bertz CT molecular complexity index is 522. The first-order valence-corrected chi connectivity index (χ1v) is 9.78. The van der Waals surface area contributed by atoms with Crippen molar-refractivity contribution in [2.45, 2.75) is 17.4 Å². The maximum atomic E-state index is 11.4. The average Bonchev–Trinajstić information content (AvgIpc) is 2.91. The Morgan fingerprint density at radius 2 is 2.10 bits per heavy atom. The maximum absolute atomic E-state index is 11.4. The monoisotopic (exact) mass is 315 g/mol. The molecule has 1 aromatic rings. The van der Waals surface area contributed by atoms with E-state index in [2.05, 4.69) is 5.32 Å². The zero-order chi connectivity index (χ0) is 14.6. The molecule has 2 atom stereocenters. The molecule has 4 nitrogen and oxygen atoms in total. The van der Waals surface area contributed by atoms with E-state index in [0.29, 0.717) is 12.5 Å². The Labute approximate surface area is 124 Å². The molecule has 2 N–H and O–H groups in total. The minimum atomic E-state index is -3.17. The Hall–Kier alpha value is -0.560. The van der Waals surface area contributed by atoms with E-state index in [9.17, 15) is 13.5 Å². The predicted molar refractivity (Wildman–Crippen MR) is 82.8 cm³/mol. The van der Waals surface area contributed by atoms with Crippen LogP contribution in [0.4, 0.5) is 0 Å². The van der Waals surface area contributed by atoms with Crippen LogP contribution in [0, 0.1) is 5.92 Å². The molecule has 1 aliphatic rings. The van der Waals surface area contributed by atoms with E-state index in [1.807, 2.05) is 11.8 Å². The van der Waals surface area contributed by atoms with Crippen LogP contribution in [0.3, 0.4) is 0 Å². The molecule has 0 aromatic heterocycles. The highest BCUT2D eigenvalue weighted by Gasteiger charge is 2.16. The van der Waals surface area contributed by atoms with Crippen LogP contribution in [0.15, 0.2) is 29.2 Å². The van der Waals surface area contributed by atoms with Gasteiger partial charge in [-0.15, -0.1) is 0 Å². The van der Waals surface area contributed by atoms with Gasteiger partial charge in [-0.2, -0.15) is 11.8 Å². The molecule has 1 aromatic carbocycles. The van der Waals surface area contributed by atoms with E-state index in [4.69, 9.17) is 0 Å². The van der Waals surface area contributed by atoms with Gasteiger partial charge in [-0.3, -0.25) is 0 Å². The van der Waals surface area contributed by atoms with Gasteiger partial charge >= 0.3 is 0 Å². The van der Waals surface area contributed by atoms with Gasteiger partial charge in [0.05, 0.1) is 11.0 Å². The van der Waals surface area contributed by atoms with Crippen molar-refractivity contribution in [3.63, 3.8) is 0 Å². The molecule has 20 heavy (non-hydrogen) atoms.